The summed E-state index contributed by atoms with van der Waals surface area (Å²) in [7, 11) is 0. The summed E-state index contributed by atoms with van der Waals surface area (Å²) in [6, 6.07) is 0. The van der Waals surface area contributed by atoms with Gasteiger partial charge in [-0.2, -0.15) is 0 Å². The summed E-state index contributed by atoms with van der Waals surface area (Å²) in [4.78, 5) is 25.4. The molecule has 6 nitrogen and oxygen atoms in total. The van der Waals surface area contributed by atoms with Crippen molar-refractivity contribution < 1.29 is 33.7 Å². The molecular weight excluding hydrogens is 415 g/mol. The molecular formula is C25H35FO6. The van der Waals surface area contributed by atoms with Crippen molar-refractivity contribution in [3.8, 4) is 0 Å². The molecule has 178 valence electrons. The minimum atomic E-state index is -1.91. The second-order valence-corrected chi connectivity index (χ2v) is 11.8. The molecule has 32 heavy (non-hydrogen) atoms. The molecule has 1 saturated heterocycles. The molecule has 1 heterocycles. The fourth-order valence-electron chi connectivity index (χ4n) is 8.68. The lowest BCUT2D eigenvalue weighted by Gasteiger charge is -2.64. The van der Waals surface area contributed by atoms with Crippen LogP contribution in [-0.4, -0.2) is 57.7 Å². The molecule has 0 aromatic heterocycles. The number of ether oxygens (including phenoxy) is 2. The van der Waals surface area contributed by atoms with E-state index in [4.69, 9.17) is 9.47 Å². The molecule has 7 heteroatoms. The Hall–Kier alpha value is -1.15. The van der Waals surface area contributed by atoms with Crippen LogP contribution in [-0.2, 0) is 19.1 Å². The van der Waals surface area contributed by atoms with Crippen molar-refractivity contribution in [3.63, 3.8) is 0 Å². The molecule has 0 radical (unpaired) electrons. The van der Waals surface area contributed by atoms with Gasteiger partial charge in [0.15, 0.2) is 23.0 Å². The average Bonchev–Trinajstić information content (AvgIpc) is 3.11. The zero-order valence-corrected chi connectivity index (χ0v) is 19.6. The molecule has 4 aliphatic carbocycles. The van der Waals surface area contributed by atoms with Gasteiger partial charge in [-0.25, -0.2) is 4.39 Å². The van der Waals surface area contributed by atoms with Crippen LogP contribution in [0, 0.1) is 28.6 Å². The highest BCUT2D eigenvalue weighted by Crippen LogP contribution is 2.73. The molecule has 3 saturated carbocycles. The number of alkyl halides is 1. The number of halogens is 1. The third-order valence-electron chi connectivity index (χ3n) is 9.92. The minimum absolute atomic E-state index is 0.00381. The lowest BCUT2D eigenvalue weighted by atomic mass is 9.42. The van der Waals surface area contributed by atoms with Crippen LogP contribution in [0.15, 0.2) is 11.6 Å². The summed E-state index contributed by atoms with van der Waals surface area (Å²) in [6.45, 7) is 8.59. The van der Waals surface area contributed by atoms with Crippen LogP contribution in [0.3, 0.4) is 0 Å². The van der Waals surface area contributed by atoms with Crippen LogP contribution in [0.4, 0.5) is 4.39 Å². The van der Waals surface area contributed by atoms with E-state index in [2.05, 4.69) is 0 Å². The minimum Gasteiger partial charge on any atom is -0.390 e. The second kappa shape index (κ2) is 6.49. The van der Waals surface area contributed by atoms with Crippen molar-refractivity contribution >= 4 is 11.6 Å². The van der Waals surface area contributed by atoms with E-state index in [-0.39, 0.29) is 30.5 Å². The molecule has 1 aliphatic heterocycles. The molecule has 0 amide bonds. The highest BCUT2D eigenvalue weighted by atomic mass is 19.1. The van der Waals surface area contributed by atoms with Crippen molar-refractivity contribution in [2.75, 3.05) is 6.61 Å². The van der Waals surface area contributed by atoms with Crippen molar-refractivity contribution in [1.29, 1.82) is 0 Å². The second-order valence-electron chi connectivity index (χ2n) is 11.8. The number of hydrogen-bond acceptors (Lipinski definition) is 6. The molecule has 0 spiro atoms. The number of rotatable bonds is 2. The van der Waals surface area contributed by atoms with Gasteiger partial charge < -0.3 is 19.7 Å². The monoisotopic (exact) mass is 450 g/mol. The van der Waals surface area contributed by atoms with Crippen LogP contribution in [0.2, 0.25) is 0 Å². The van der Waals surface area contributed by atoms with Gasteiger partial charge in [0.25, 0.3) is 0 Å². The van der Waals surface area contributed by atoms with Gasteiger partial charge in [0.1, 0.15) is 12.3 Å². The maximum absolute atomic E-state index is 17.4. The first-order chi connectivity index (χ1) is 14.8. The van der Waals surface area contributed by atoms with Gasteiger partial charge >= 0.3 is 0 Å². The number of Topliss-reactive ketones (excluding diaryl/α,β-unsaturated/α-hetero) is 1. The van der Waals surface area contributed by atoms with E-state index in [1.54, 1.807) is 19.9 Å². The predicted octanol–water partition coefficient (Wildman–Crippen LogP) is 2.89. The normalized spacial score (nSPS) is 53.7. The molecule has 9 unspecified atom stereocenters. The Balaban J connectivity index is 1.65. The fraction of sp³-hybridized carbons (Fsp3) is 0.840. The summed E-state index contributed by atoms with van der Waals surface area (Å²) >= 11 is 0. The highest BCUT2D eigenvalue weighted by molar-refractivity contribution is 5.92. The Kier molecular flexibility index (Phi) is 4.59. The van der Waals surface area contributed by atoms with Crippen molar-refractivity contribution in [2.24, 2.45) is 28.6 Å². The van der Waals surface area contributed by atoms with Crippen LogP contribution < -0.4 is 0 Å². The summed E-state index contributed by atoms with van der Waals surface area (Å²) < 4.78 is 29.8. The number of carbonyl (C=O) groups excluding carboxylic acids is 2. The Morgan fingerprint density at radius 2 is 1.91 bits per heavy atom. The number of carbonyl (C=O) groups is 2. The first-order valence-electron chi connectivity index (χ1n) is 11.9. The number of allylic oxidation sites excluding steroid dienone is 1. The SMILES string of the molecule is CC1CC2C3CC4OC(C)(C)OC4(C(=O)CO)C3(C)CC(O)C2(F)C2(C)CCC(=O)C=C12. The van der Waals surface area contributed by atoms with E-state index < -0.39 is 58.4 Å². The van der Waals surface area contributed by atoms with Gasteiger partial charge in [-0.3, -0.25) is 9.59 Å². The number of aliphatic hydroxyl groups is 2. The van der Waals surface area contributed by atoms with Gasteiger partial charge in [-0.15, -0.1) is 0 Å². The van der Waals surface area contributed by atoms with Crippen LogP contribution >= 0.6 is 0 Å². The smallest absolute Gasteiger partial charge is 0.193 e. The molecule has 2 N–H and O–H groups in total. The molecule has 0 aromatic carbocycles. The lowest BCUT2D eigenvalue weighted by molar-refractivity contribution is -0.254. The third kappa shape index (κ3) is 2.39. The predicted molar refractivity (Wildman–Crippen MR) is 113 cm³/mol. The maximum atomic E-state index is 17.4. The van der Waals surface area contributed by atoms with Crippen molar-refractivity contribution in [1.82, 2.24) is 0 Å². The summed E-state index contributed by atoms with van der Waals surface area (Å²) in [5.41, 5.74) is -4.33. The summed E-state index contributed by atoms with van der Waals surface area (Å²) in [6.07, 6.45) is 1.30. The summed E-state index contributed by atoms with van der Waals surface area (Å²) in [5.74, 6) is -2.22. The van der Waals surface area contributed by atoms with E-state index in [0.717, 1.165) is 5.57 Å². The molecule has 0 aromatic rings. The number of ketones is 2. The van der Waals surface area contributed by atoms with Gasteiger partial charge in [-0.05, 0) is 57.4 Å². The first kappa shape index (κ1) is 22.6. The molecule has 5 rings (SSSR count). The Bertz CT molecular complexity index is 914. The van der Waals surface area contributed by atoms with Gasteiger partial charge in [0.05, 0.1) is 12.2 Å². The van der Waals surface area contributed by atoms with E-state index in [9.17, 15) is 19.8 Å². The van der Waals surface area contributed by atoms with E-state index in [1.165, 1.54) is 0 Å². The van der Waals surface area contributed by atoms with E-state index in [1.807, 2.05) is 20.8 Å². The van der Waals surface area contributed by atoms with Crippen LogP contribution in [0.25, 0.3) is 0 Å². The van der Waals surface area contributed by atoms with Gasteiger partial charge in [0, 0.05) is 23.2 Å². The first-order valence-corrected chi connectivity index (χ1v) is 11.9. The van der Waals surface area contributed by atoms with E-state index >= 15 is 4.39 Å². The highest BCUT2D eigenvalue weighted by Gasteiger charge is 2.80. The number of fused-ring (bicyclic) bond motifs is 7. The number of aliphatic hydroxyl groups excluding tert-OH is 2. The molecule has 5 aliphatic rings. The van der Waals surface area contributed by atoms with Gasteiger partial charge in [0.2, 0.25) is 0 Å². The topological polar surface area (TPSA) is 93.1 Å². The van der Waals surface area contributed by atoms with E-state index in [0.29, 0.717) is 19.3 Å². The molecule has 0 bridgehead atoms. The quantitative estimate of drug-likeness (QED) is 0.672. The Morgan fingerprint density at radius 1 is 1.22 bits per heavy atom. The largest absolute Gasteiger partial charge is 0.390 e. The zero-order valence-electron chi connectivity index (χ0n) is 19.6. The lowest BCUT2D eigenvalue weighted by Crippen LogP contribution is -2.71. The van der Waals surface area contributed by atoms with Crippen LogP contribution in [0.1, 0.15) is 66.7 Å². The Morgan fingerprint density at radius 3 is 2.56 bits per heavy atom. The third-order valence-corrected chi connectivity index (χ3v) is 9.92. The zero-order chi connectivity index (χ0) is 23.5. The number of hydrogen-bond donors (Lipinski definition) is 2. The average molecular weight is 451 g/mol. The van der Waals surface area contributed by atoms with Crippen molar-refractivity contribution in [2.45, 2.75) is 96.0 Å². The molecule has 4 fully saturated rings. The fourth-order valence-corrected chi connectivity index (χ4v) is 8.68. The summed E-state index contributed by atoms with van der Waals surface area (Å²) in [5, 5.41) is 21.4. The Labute approximate surface area is 188 Å². The van der Waals surface area contributed by atoms with Crippen LogP contribution in [0.5, 0.6) is 0 Å². The van der Waals surface area contributed by atoms with Gasteiger partial charge in [-0.1, -0.05) is 26.3 Å². The standard InChI is InChI=1S/C25H35FO6/c1-13-8-17-16-10-20-25(19(30)12-27,32-21(2,3)31-20)23(16,5)11-18(29)24(17,26)22(4)7-6-14(28)9-15(13)22/h9,13,16-18,20,27,29H,6-8,10-12H2,1-5H3. The molecule has 9 atom stereocenters. The van der Waals surface area contributed by atoms with Crippen molar-refractivity contribution in [3.05, 3.63) is 11.6 Å². The maximum Gasteiger partial charge on any atom is 0.193 e.